The Morgan fingerprint density at radius 3 is 2.16 bits per heavy atom. The van der Waals surface area contributed by atoms with Crippen LogP contribution in [0.15, 0.2) is 47.4 Å². The molecule has 0 fully saturated rings. The molecule has 0 unspecified atom stereocenters. The number of carboxylic acids is 1. The standard InChI is InChI=1S/C17H19NO6S/c1-3-23-15-10-9-14(11-16(15)24-4-2)25(21,22)18-13-7-5-12(6-8-13)17(19)20/h5-11,18H,3-4H2,1-2H3,(H,19,20). The van der Waals surface area contributed by atoms with Gasteiger partial charge < -0.3 is 14.6 Å². The highest BCUT2D eigenvalue weighted by atomic mass is 32.2. The Balaban J connectivity index is 2.29. The molecule has 0 saturated carbocycles. The average Bonchev–Trinajstić information content (AvgIpc) is 2.57. The first-order chi connectivity index (χ1) is 11.9. The third-order valence-electron chi connectivity index (χ3n) is 3.21. The molecule has 2 rings (SSSR count). The van der Waals surface area contributed by atoms with Crippen molar-refractivity contribution in [1.82, 2.24) is 0 Å². The molecule has 0 saturated heterocycles. The maximum atomic E-state index is 12.5. The number of benzene rings is 2. The van der Waals surface area contributed by atoms with Crippen molar-refractivity contribution in [3.05, 3.63) is 48.0 Å². The van der Waals surface area contributed by atoms with Crippen molar-refractivity contribution in [3.8, 4) is 11.5 Å². The van der Waals surface area contributed by atoms with Gasteiger partial charge in [0.1, 0.15) is 0 Å². The van der Waals surface area contributed by atoms with Crippen LogP contribution in [0.2, 0.25) is 0 Å². The van der Waals surface area contributed by atoms with Crippen LogP contribution < -0.4 is 14.2 Å². The van der Waals surface area contributed by atoms with E-state index in [2.05, 4.69) is 4.72 Å². The highest BCUT2D eigenvalue weighted by molar-refractivity contribution is 7.92. The van der Waals surface area contributed by atoms with Crippen molar-refractivity contribution in [2.24, 2.45) is 0 Å². The van der Waals surface area contributed by atoms with Crippen LogP contribution in [-0.4, -0.2) is 32.7 Å². The average molecular weight is 365 g/mol. The molecule has 0 bridgehead atoms. The Hall–Kier alpha value is -2.74. The molecule has 25 heavy (non-hydrogen) atoms. The molecule has 2 aromatic carbocycles. The fourth-order valence-electron chi connectivity index (χ4n) is 2.09. The van der Waals surface area contributed by atoms with Crippen LogP contribution in [0.25, 0.3) is 0 Å². The van der Waals surface area contributed by atoms with Crippen molar-refractivity contribution in [3.63, 3.8) is 0 Å². The van der Waals surface area contributed by atoms with E-state index in [1.165, 1.54) is 42.5 Å². The van der Waals surface area contributed by atoms with Gasteiger partial charge in [0.05, 0.1) is 23.7 Å². The summed E-state index contributed by atoms with van der Waals surface area (Å²) in [5.41, 5.74) is 0.333. The summed E-state index contributed by atoms with van der Waals surface area (Å²) in [6, 6.07) is 9.77. The van der Waals surface area contributed by atoms with Crippen molar-refractivity contribution < 1.29 is 27.8 Å². The molecule has 0 aliphatic heterocycles. The van der Waals surface area contributed by atoms with Crippen molar-refractivity contribution in [2.45, 2.75) is 18.7 Å². The van der Waals surface area contributed by atoms with Gasteiger partial charge in [-0.3, -0.25) is 4.72 Å². The van der Waals surface area contributed by atoms with E-state index in [0.29, 0.717) is 24.7 Å². The molecule has 0 atom stereocenters. The van der Waals surface area contributed by atoms with E-state index in [1.807, 2.05) is 6.92 Å². The molecule has 134 valence electrons. The Labute approximate surface area is 146 Å². The quantitative estimate of drug-likeness (QED) is 0.746. The number of hydrogen-bond acceptors (Lipinski definition) is 5. The number of rotatable bonds is 8. The molecule has 0 aliphatic carbocycles. The number of nitrogens with one attached hydrogen (secondary N) is 1. The Morgan fingerprint density at radius 2 is 1.60 bits per heavy atom. The molecule has 0 heterocycles. The monoisotopic (exact) mass is 365 g/mol. The van der Waals surface area contributed by atoms with Gasteiger partial charge in [-0.2, -0.15) is 0 Å². The highest BCUT2D eigenvalue weighted by Gasteiger charge is 2.18. The fraction of sp³-hybridized carbons (Fsp3) is 0.235. The van der Waals surface area contributed by atoms with Gasteiger partial charge in [0, 0.05) is 11.8 Å². The van der Waals surface area contributed by atoms with Crippen LogP contribution in [0, 0.1) is 0 Å². The van der Waals surface area contributed by atoms with E-state index >= 15 is 0 Å². The van der Waals surface area contributed by atoms with Gasteiger partial charge in [0.2, 0.25) is 0 Å². The number of aromatic carboxylic acids is 1. The summed E-state index contributed by atoms with van der Waals surface area (Å²) in [6.45, 7) is 4.41. The first kappa shape index (κ1) is 18.6. The van der Waals surface area contributed by atoms with Gasteiger partial charge >= 0.3 is 5.97 Å². The number of ether oxygens (including phenoxy) is 2. The van der Waals surface area contributed by atoms with Gasteiger partial charge in [-0.15, -0.1) is 0 Å². The topological polar surface area (TPSA) is 102 Å². The zero-order valence-electron chi connectivity index (χ0n) is 13.9. The minimum Gasteiger partial charge on any atom is -0.490 e. The van der Waals surface area contributed by atoms with E-state index in [1.54, 1.807) is 6.92 Å². The second-order valence-electron chi connectivity index (χ2n) is 4.96. The van der Waals surface area contributed by atoms with Crippen LogP contribution in [0.1, 0.15) is 24.2 Å². The lowest BCUT2D eigenvalue weighted by Gasteiger charge is -2.13. The van der Waals surface area contributed by atoms with Gasteiger partial charge in [-0.05, 0) is 50.2 Å². The summed E-state index contributed by atoms with van der Waals surface area (Å²) in [4.78, 5) is 10.9. The lowest BCUT2D eigenvalue weighted by molar-refractivity contribution is 0.0697. The third kappa shape index (κ3) is 4.63. The molecule has 8 heteroatoms. The van der Waals surface area contributed by atoms with E-state index in [9.17, 15) is 13.2 Å². The number of hydrogen-bond donors (Lipinski definition) is 2. The number of sulfonamides is 1. The molecular formula is C17H19NO6S. The number of carboxylic acid groups (broad SMARTS) is 1. The Morgan fingerprint density at radius 1 is 1.00 bits per heavy atom. The largest absolute Gasteiger partial charge is 0.490 e. The molecular weight excluding hydrogens is 346 g/mol. The molecule has 2 N–H and O–H groups in total. The highest BCUT2D eigenvalue weighted by Crippen LogP contribution is 2.31. The normalized spacial score (nSPS) is 11.0. The van der Waals surface area contributed by atoms with Crippen molar-refractivity contribution in [1.29, 1.82) is 0 Å². The molecule has 2 aromatic rings. The summed E-state index contributed by atoms with van der Waals surface area (Å²) in [5.74, 6) is -0.273. The smallest absolute Gasteiger partial charge is 0.335 e. The summed E-state index contributed by atoms with van der Waals surface area (Å²) in [6.07, 6.45) is 0. The zero-order chi connectivity index (χ0) is 18.4. The van der Waals surface area contributed by atoms with E-state index in [0.717, 1.165) is 0 Å². The first-order valence-corrected chi connectivity index (χ1v) is 9.11. The van der Waals surface area contributed by atoms with Crippen molar-refractivity contribution >= 4 is 21.7 Å². The molecule has 0 radical (unpaired) electrons. The van der Waals surface area contributed by atoms with Gasteiger partial charge in [-0.25, -0.2) is 13.2 Å². The molecule has 0 amide bonds. The summed E-state index contributed by atoms with van der Waals surface area (Å²) in [5, 5.41) is 8.87. The van der Waals surface area contributed by atoms with Crippen LogP contribution in [-0.2, 0) is 10.0 Å². The van der Waals surface area contributed by atoms with Crippen molar-refractivity contribution in [2.75, 3.05) is 17.9 Å². The predicted molar refractivity (Wildman–Crippen MR) is 93.0 cm³/mol. The van der Waals surface area contributed by atoms with Gasteiger partial charge in [0.15, 0.2) is 11.5 Å². The van der Waals surface area contributed by atoms with Crippen LogP contribution in [0.4, 0.5) is 5.69 Å². The van der Waals surface area contributed by atoms with E-state index < -0.39 is 16.0 Å². The van der Waals surface area contributed by atoms with Gasteiger partial charge in [0.25, 0.3) is 10.0 Å². The SMILES string of the molecule is CCOc1ccc(S(=O)(=O)Nc2ccc(C(=O)O)cc2)cc1OCC. The summed E-state index contributed by atoms with van der Waals surface area (Å²) < 4.78 is 38.3. The molecule has 0 aliphatic rings. The number of anilines is 1. The molecule has 7 nitrogen and oxygen atoms in total. The maximum absolute atomic E-state index is 12.5. The number of carbonyl (C=O) groups is 1. The lowest BCUT2D eigenvalue weighted by Crippen LogP contribution is -2.13. The summed E-state index contributed by atoms with van der Waals surface area (Å²) in [7, 11) is -3.85. The van der Waals surface area contributed by atoms with Crippen LogP contribution >= 0.6 is 0 Å². The Bertz CT molecular complexity index is 846. The lowest BCUT2D eigenvalue weighted by atomic mass is 10.2. The predicted octanol–water partition coefficient (Wildman–Crippen LogP) is 2.98. The fourth-order valence-corrected chi connectivity index (χ4v) is 3.17. The second-order valence-corrected chi connectivity index (χ2v) is 6.64. The van der Waals surface area contributed by atoms with Crippen LogP contribution in [0.5, 0.6) is 11.5 Å². The Kier molecular flexibility index (Phi) is 5.87. The molecule has 0 aromatic heterocycles. The minimum absolute atomic E-state index is 0.0155. The van der Waals surface area contributed by atoms with Gasteiger partial charge in [-0.1, -0.05) is 0 Å². The first-order valence-electron chi connectivity index (χ1n) is 7.63. The minimum atomic E-state index is -3.85. The third-order valence-corrected chi connectivity index (χ3v) is 4.59. The summed E-state index contributed by atoms with van der Waals surface area (Å²) >= 11 is 0. The van der Waals surface area contributed by atoms with Crippen LogP contribution in [0.3, 0.4) is 0 Å². The van der Waals surface area contributed by atoms with E-state index in [-0.39, 0.29) is 16.1 Å². The van der Waals surface area contributed by atoms with E-state index in [4.69, 9.17) is 14.6 Å². The second kappa shape index (κ2) is 7.89. The maximum Gasteiger partial charge on any atom is 0.335 e. The molecule has 0 spiro atoms. The zero-order valence-corrected chi connectivity index (χ0v) is 14.7.